The molecule has 0 saturated heterocycles. The number of anilines is 1. The van der Waals surface area contributed by atoms with Crippen molar-refractivity contribution in [2.45, 2.75) is 19.9 Å². The van der Waals surface area contributed by atoms with Crippen molar-refractivity contribution >= 4 is 11.7 Å². The molecule has 1 aromatic carbocycles. The summed E-state index contributed by atoms with van der Waals surface area (Å²) in [5.74, 6) is 1.16. The minimum Gasteiger partial charge on any atom is -0.497 e. The molecule has 0 aliphatic heterocycles. The lowest BCUT2D eigenvalue weighted by atomic mass is 10.2. The second kappa shape index (κ2) is 5.56. The van der Waals surface area contributed by atoms with Crippen LogP contribution in [-0.4, -0.2) is 22.8 Å². The molecule has 0 bridgehead atoms. The molecular formula is C14H17N3O2. The maximum absolute atomic E-state index is 12.1. The molecule has 0 unspecified atom stereocenters. The van der Waals surface area contributed by atoms with E-state index in [1.807, 2.05) is 13.8 Å². The number of hydrogen-bond donors (Lipinski definition) is 1. The molecule has 2 rings (SSSR count). The fraction of sp³-hybridized carbons (Fsp3) is 0.286. The Labute approximate surface area is 112 Å². The predicted octanol–water partition coefficient (Wildman–Crippen LogP) is 2.72. The van der Waals surface area contributed by atoms with Crippen LogP contribution in [-0.2, 0) is 0 Å². The van der Waals surface area contributed by atoms with E-state index in [2.05, 4.69) is 10.4 Å². The largest absolute Gasteiger partial charge is 0.497 e. The Morgan fingerprint density at radius 3 is 2.84 bits per heavy atom. The van der Waals surface area contributed by atoms with Crippen LogP contribution >= 0.6 is 0 Å². The lowest BCUT2D eigenvalue weighted by Crippen LogP contribution is -2.16. The third kappa shape index (κ3) is 2.93. The van der Waals surface area contributed by atoms with Crippen molar-refractivity contribution in [3.8, 4) is 5.75 Å². The first kappa shape index (κ1) is 13.1. The van der Waals surface area contributed by atoms with E-state index in [-0.39, 0.29) is 11.9 Å². The first-order valence-electron chi connectivity index (χ1n) is 6.10. The van der Waals surface area contributed by atoms with Gasteiger partial charge in [-0.3, -0.25) is 4.79 Å². The standard InChI is InChI=1S/C14H17N3O2/c1-10(2)17-13(7-8-15-17)16-14(18)11-5-4-6-12(9-11)19-3/h4-10H,1-3H3,(H,16,18). The molecule has 1 aromatic heterocycles. The summed E-state index contributed by atoms with van der Waals surface area (Å²) in [7, 11) is 1.57. The van der Waals surface area contributed by atoms with Crippen molar-refractivity contribution in [2.24, 2.45) is 0 Å². The zero-order valence-corrected chi connectivity index (χ0v) is 11.3. The summed E-state index contributed by atoms with van der Waals surface area (Å²) < 4.78 is 6.87. The van der Waals surface area contributed by atoms with Crippen LogP contribution in [0.3, 0.4) is 0 Å². The molecule has 0 radical (unpaired) electrons. The van der Waals surface area contributed by atoms with Crippen LogP contribution in [0.25, 0.3) is 0 Å². The molecule has 2 aromatic rings. The number of aromatic nitrogens is 2. The van der Waals surface area contributed by atoms with Crippen LogP contribution in [0.5, 0.6) is 5.75 Å². The summed E-state index contributed by atoms with van der Waals surface area (Å²) in [6, 6.07) is 9.00. The van der Waals surface area contributed by atoms with Gasteiger partial charge in [0.25, 0.3) is 5.91 Å². The topological polar surface area (TPSA) is 56.1 Å². The molecule has 5 nitrogen and oxygen atoms in total. The predicted molar refractivity (Wildman–Crippen MR) is 73.6 cm³/mol. The van der Waals surface area contributed by atoms with Gasteiger partial charge in [-0.1, -0.05) is 6.07 Å². The Balaban J connectivity index is 2.18. The van der Waals surface area contributed by atoms with Crippen LogP contribution in [0.1, 0.15) is 30.2 Å². The van der Waals surface area contributed by atoms with Crippen molar-refractivity contribution in [1.82, 2.24) is 9.78 Å². The summed E-state index contributed by atoms with van der Waals surface area (Å²) in [5, 5.41) is 7.02. The molecule has 0 atom stereocenters. The van der Waals surface area contributed by atoms with Gasteiger partial charge in [-0.25, -0.2) is 4.68 Å². The average molecular weight is 259 g/mol. The third-order valence-electron chi connectivity index (χ3n) is 2.73. The second-order valence-electron chi connectivity index (χ2n) is 4.44. The van der Waals surface area contributed by atoms with Gasteiger partial charge in [0.1, 0.15) is 11.6 Å². The molecular weight excluding hydrogens is 242 g/mol. The molecule has 0 fully saturated rings. The molecule has 0 saturated carbocycles. The van der Waals surface area contributed by atoms with E-state index < -0.39 is 0 Å². The van der Waals surface area contributed by atoms with Gasteiger partial charge in [0.05, 0.1) is 13.3 Å². The Kier molecular flexibility index (Phi) is 3.85. The molecule has 1 heterocycles. The van der Waals surface area contributed by atoms with Crippen molar-refractivity contribution in [2.75, 3.05) is 12.4 Å². The summed E-state index contributed by atoms with van der Waals surface area (Å²) in [6.45, 7) is 4.02. The number of carbonyl (C=O) groups excluding carboxylic acids is 1. The quantitative estimate of drug-likeness (QED) is 0.918. The zero-order valence-electron chi connectivity index (χ0n) is 11.3. The van der Waals surface area contributed by atoms with Gasteiger partial charge in [0.15, 0.2) is 0 Å². The van der Waals surface area contributed by atoms with Crippen molar-refractivity contribution in [1.29, 1.82) is 0 Å². The number of ether oxygens (including phenoxy) is 1. The molecule has 1 N–H and O–H groups in total. The van der Waals surface area contributed by atoms with E-state index in [1.54, 1.807) is 48.3 Å². The highest BCUT2D eigenvalue weighted by Crippen LogP contribution is 2.16. The first-order valence-corrected chi connectivity index (χ1v) is 6.10. The summed E-state index contributed by atoms with van der Waals surface area (Å²) in [5.41, 5.74) is 0.552. The van der Waals surface area contributed by atoms with Crippen molar-refractivity contribution in [3.05, 3.63) is 42.1 Å². The normalized spacial score (nSPS) is 10.5. The highest BCUT2D eigenvalue weighted by molar-refractivity contribution is 6.04. The molecule has 0 aliphatic carbocycles. The molecule has 0 aliphatic rings. The van der Waals surface area contributed by atoms with E-state index in [1.165, 1.54) is 0 Å². The SMILES string of the molecule is COc1cccc(C(=O)Nc2ccnn2C(C)C)c1. The van der Waals surface area contributed by atoms with E-state index in [4.69, 9.17) is 4.74 Å². The van der Waals surface area contributed by atoms with E-state index in [0.29, 0.717) is 17.1 Å². The number of carbonyl (C=O) groups is 1. The summed E-state index contributed by atoms with van der Waals surface area (Å²) in [4.78, 5) is 12.1. The Hall–Kier alpha value is -2.30. The molecule has 0 spiro atoms. The second-order valence-corrected chi connectivity index (χ2v) is 4.44. The maximum atomic E-state index is 12.1. The smallest absolute Gasteiger partial charge is 0.256 e. The Bertz CT molecular complexity index is 576. The lowest BCUT2D eigenvalue weighted by molar-refractivity contribution is 0.102. The van der Waals surface area contributed by atoms with Gasteiger partial charge in [0.2, 0.25) is 0 Å². The lowest BCUT2D eigenvalue weighted by Gasteiger charge is -2.12. The van der Waals surface area contributed by atoms with E-state index in [9.17, 15) is 4.79 Å². The number of benzene rings is 1. The van der Waals surface area contributed by atoms with Gasteiger partial charge < -0.3 is 10.1 Å². The van der Waals surface area contributed by atoms with E-state index in [0.717, 1.165) is 0 Å². The minimum atomic E-state index is -0.179. The minimum absolute atomic E-state index is 0.179. The molecule has 5 heteroatoms. The number of amides is 1. The van der Waals surface area contributed by atoms with Gasteiger partial charge in [0, 0.05) is 17.7 Å². The highest BCUT2D eigenvalue weighted by Gasteiger charge is 2.11. The van der Waals surface area contributed by atoms with Crippen molar-refractivity contribution < 1.29 is 9.53 Å². The number of nitrogens with one attached hydrogen (secondary N) is 1. The third-order valence-corrected chi connectivity index (χ3v) is 2.73. The van der Waals surface area contributed by atoms with Gasteiger partial charge in [-0.15, -0.1) is 0 Å². The van der Waals surface area contributed by atoms with Gasteiger partial charge >= 0.3 is 0 Å². The van der Waals surface area contributed by atoms with Gasteiger partial charge in [-0.05, 0) is 32.0 Å². The Morgan fingerprint density at radius 2 is 2.16 bits per heavy atom. The fourth-order valence-electron chi connectivity index (χ4n) is 1.78. The molecule has 100 valence electrons. The Morgan fingerprint density at radius 1 is 1.37 bits per heavy atom. The average Bonchev–Trinajstić information content (AvgIpc) is 2.87. The zero-order chi connectivity index (χ0) is 13.8. The van der Waals surface area contributed by atoms with Crippen LogP contribution in [0.15, 0.2) is 36.5 Å². The fourth-order valence-corrected chi connectivity index (χ4v) is 1.78. The molecule has 1 amide bonds. The summed E-state index contributed by atoms with van der Waals surface area (Å²) >= 11 is 0. The number of nitrogens with zero attached hydrogens (tertiary/aromatic N) is 2. The number of methoxy groups -OCH3 is 1. The highest BCUT2D eigenvalue weighted by atomic mass is 16.5. The monoisotopic (exact) mass is 259 g/mol. The van der Waals surface area contributed by atoms with Crippen LogP contribution in [0, 0.1) is 0 Å². The summed E-state index contributed by atoms with van der Waals surface area (Å²) in [6.07, 6.45) is 1.67. The van der Waals surface area contributed by atoms with E-state index >= 15 is 0 Å². The van der Waals surface area contributed by atoms with Crippen LogP contribution in [0.4, 0.5) is 5.82 Å². The van der Waals surface area contributed by atoms with Gasteiger partial charge in [-0.2, -0.15) is 5.10 Å². The van der Waals surface area contributed by atoms with Crippen molar-refractivity contribution in [3.63, 3.8) is 0 Å². The molecule has 19 heavy (non-hydrogen) atoms. The van der Waals surface area contributed by atoms with Crippen LogP contribution in [0.2, 0.25) is 0 Å². The first-order chi connectivity index (χ1) is 9.11. The van der Waals surface area contributed by atoms with Crippen LogP contribution < -0.4 is 10.1 Å². The number of hydrogen-bond acceptors (Lipinski definition) is 3. The maximum Gasteiger partial charge on any atom is 0.256 e. The number of rotatable bonds is 4.